The Morgan fingerprint density at radius 2 is 1.84 bits per heavy atom. The standard InChI is InChI=1S/C15H13BrN2S/c16-14(10-4-2-1-3-5-10)11-6-7-13-12(8-11)9-17-15(19)18-13/h1-8,14H,9H2,(H2,17,18,19). The molecule has 2 aromatic carbocycles. The van der Waals surface area contributed by atoms with E-state index in [1.165, 1.54) is 16.7 Å². The smallest absolute Gasteiger partial charge is 0.171 e. The molecule has 4 heteroatoms. The highest BCUT2D eigenvalue weighted by Gasteiger charge is 2.15. The van der Waals surface area contributed by atoms with Gasteiger partial charge in [-0.15, -0.1) is 0 Å². The highest BCUT2D eigenvalue weighted by atomic mass is 79.9. The van der Waals surface area contributed by atoms with Crippen molar-refractivity contribution in [2.75, 3.05) is 5.32 Å². The van der Waals surface area contributed by atoms with Crippen LogP contribution in [0.1, 0.15) is 21.5 Å². The number of rotatable bonds is 2. The Labute approximate surface area is 126 Å². The number of thiocarbonyl (C=S) groups is 1. The lowest BCUT2D eigenvalue weighted by atomic mass is 10.0. The van der Waals surface area contributed by atoms with Gasteiger partial charge in [-0.05, 0) is 35.0 Å². The van der Waals surface area contributed by atoms with Crippen molar-refractivity contribution in [3.8, 4) is 0 Å². The third-order valence-corrected chi connectivity index (χ3v) is 4.51. The fraction of sp³-hybridized carbons (Fsp3) is 0.133. The third kappa shape index (κ3) is 2.65. The number of hydrogen-bond acceptors (Lipinski definition) is 1. The van der Waals surface area contributed by atoms with E-state index < -0.39 is 0 Å². The van der Waals surface area contributed by atoms with Crippen LogP contribution < -0.4 is 10.6 Å². The predicted octanol–water partition coefficient (Wildman–Crippen LogP) is 3.97. The van der Waals surface area contributed by atoms with Gasteiger partial charge in [0.15, 0.2) is 5.11 Å². The van der Waals surface area contributed by atoms with Crippen LogP contribution in [0.25, 0.3) is 0 Å². The Balaban J connectivity index is 1.92. The summed E-state index contributed by atoms with van der Waals surface area (Å²) in [5.41, 5.74) is 4.85. The molecule has 0 aromatic heterocycles. The SMILES string of the molecule is S=C1NCc2cc(C(Br)c3ccccc3)ccc2N1. The van der Waals surface area contributed by atoms with E-state index in [9.17, 15) is 0 Å². The fourth-order valence-electron chi connectivity index (χ4n) is 2.20. The molecule has 0 aliphatic carbocycles. The van der Waals surface area contributed by atoms with Crippen LogP contribution in [0.2, 0.25) is 0 Å². The van der Waals surface area contributed by atoms with Crippen LogP contribution in [0.15, 0.2) is 48.5 Å². The second kappa shape index (κ2) is 5.31. The number of benzene rings is 2. The minimum atomic E-state index is 0.216. The van der Waals surface area contributed by atoms with E-state index in [1.54, 1.807) is 0 Å². The number of alkyl halides is 1. The summed E-state index contributed by atoms with van der Waals surface area (Å²) in [6, 6.07) is 16.8. The normalized spacial score (nSPS) is 15.1. The zero-order valence-corrected chi connectivity index (χ0v) is 12.6. The van der Waals surface area contributed by atoms with Gasteiger partial charge in [-0.1, -0.05) is 58.4 Å². The van der Waals surface area contributed by atoms with Crippen molar-refractivity contribution in [1.82, 2.24) is 5.32 Å². The minimum Gasteiger partial charge on any atom is -0.358 e. The molecular formula is C15H13BrN2S. The Morgan fingerprint density at radius 3 is 2.63 bits per heavy atom. The summed E-state index contributed by atoms with van der Waals surface area (Å²) in [5.74, 6) is 0. The Morgan fingerprint density at radius 1 is 1.05 bits per heavy atom. The maximum Gasteiger partial charge on any atom is 0.171 e. The molecule has 96 valence electrons. The zero-order valence-electron chi connectivity index (χ0n) is 10.2. The molecule has 3 rings (SSSR count). The highest BCUT2D eigenvalue weighted by Crippen LogP contribution is 2.33. The average Bonchev–Trinajstić information content (AvgIpc) is 2.47. The molecule has 2 N–H and O–H groups in total. The van der Waals surface area contributed by atoms with Crippen LogP contribution in [0.3, 0.4) is 0 Å². The van der Waals surface area contributed by atoms with E-state index >= 15 is 0 Å². The number of anilines is 1. The van der Waals surface area contributed by atoms with Crippen molar-refractivity contribution >= 4 is 38.9 Å². The third-order valence-electron chi connectivity index (χ3n) is 3.20. The van der Waals surface area contributed by atoms with E-state index in [-0.39, 0.29) is 4.83 Å². The summed E-state index contributed by atoms with van der Waals surface area (Å²) in [6.07, 6.45) is 0. The van der Waals surface area contributed by atoms with Crippen LogP contribution in [-0.2, 0) is 6.54 Å². The molecule has 0 spiro atoms. The van der Waals surface area contributed by atoms with E-state index in [4.69, 9.17) is 12.2 Å². The first-order valence-corrected chi connectivity index (χ1v) is 7.43. The number of nitrogens with one attached hydrogen (secondary N) is 2. The molecule has 0 bridgehead atoms. The Hall–Kier alpha value is -1.39. The predicted molar refractivity (Wildman–Crippen MR) is 86.7 cm³/mol. The summed E-state index contributed by atoms with van der Waals surface area (Å²) in [4.78, 5) is 0.216. The van der Waals surface area contributed by atoms with Gasteiger partial charge in [0.2, 0.25) is 0 Å². The van der Waals surface area contributed by atoms with Crippen LogP contribution >= 0.6 is 28.1 Å². The molecule has 1 heterocycles. The lowest BCUT2D eigenvalue weighted by molar-refractivity contribution is 0.904. The van der Waals surface area contributed by atoms with E-state index in [0.29, 0.717) is 5.11 Å². The van der Waals surface area contributed by atoms with Crippen molar-refractivity contribution in [3.63, 3.8) is 0 Å². The molecule has 1 aliphatic rings. The summed E-state index contributed by atoms with van der Waals surface area (Å²) in [5, 5.41) is 7.01. The Bertz CT molecular complexity index is 613. The van der Waals surface area contributed by atoms with Crippen LogP contribution in [-0.4, -0.2) is 5.11 Å². The van der Waals surface area contributed by atoms with Crippen molar-refractivity contribution in [2.24, 2.45) is 0 Å². The quantitative estimate of drug-likeness (QED) is 0.642. The molecule has 1 unspecified atom stereocenters. The van der Waals surface area contributed by atoms with Gasteiger partial charge >= 0.3 is 0 Å². The lowest BCUT2D eigenvalue weighted by Gasteiger charge is -2.22. The van der Waals surface area contributed by atoms with Crippen molar-refractivity contribution in [1.29, 1.82) is 0 Å². The van der Waals surface area contributed by atoms with E-state index in [2.05, 4.69) is 69.0 Å². The van der Waals surface area contributed by atoms with Gasteiger partial charge in [0, 0.05) is 12.2 Å². The number of halogens is 1. The Kier molecular flexibility index (Phi) is 3.53. The minimum absolute atomic E-state index is 0.216. The highest BCUT2D eigenvalue weighted by molar-refractivity contribution is 9.09. The molecule has 0 fully saturated rings. The van der Waals surface area contributed by atoms with Gasteiger partial charge in [-0.3, -0.25) is 0 Å². The van der Waals surface area contributed by atoms with Crippen molar-refractivity contribution in [3.05, 3.63) is 65.2 Å². The first-order chi connectivity index (χ1) is 9.24. The number of fused-ring (bicyclic) bond motifs is 1. The first-order valence-electron chi connectivity index (χ1n) is 6.11. The van der Waals surface area contributed by atoms with Gasteiger partial charge in [0.05, 0.1) is 4.83 Å². The largest absolute Gasteiger partial charge is 0.358 e. The molecular weight excluding hydrogens is 320 g/mol. The molecule has 1 atom stereocenters. The summed E-state index contributed by atoms with van der Waals surface area (Å²) in [6.45, 7) is 0.781. The molecule has 0 radical (unpaired) electrons. The van der Waals surface area contributed by atoms with Gasteiger partial charge in [0.25, 0.3) is 0 Å². The first kappa shape index (κ1) is 12.6. The van der Waals surface area contributed by atoms with Crippen LogP contribution in [0.5, 0.6) is 0 Å². The summed E-state index contributed by atoms with van der Waals surface area (Å²) in [7, 11) is 0. The second-order valence-electron chi connectivity index (χ2n) is 4.50. The van der Waals surface area contributed by atoms with Gasteiger partial charge in [0.1, 0.15) is 0 Å². The molecule has 0 saturated carbocycles. The fourth-order valence-corrected chi connectivity index (χ4v) is 2.97. The van der Waals surface area contributed by atoms with Crippen molar-refractivity contribution < 1.29 is 0 Å². The van der Waals surface area contributed by atoms with Gasteiger partial charge in [-0.2, -0.15) is 0 Å². The molecule has 0 saturated heterocycles. The molecule has 1 aliphatic heterocycles. The van der Waals surface area contributed by atoms with Crippen LogP contribution in [0.4, 0.5) is 5.69 Å². The van der Waals surface area contributed by atoms with E-state index in [1.807, 2.05) is 6.07 Å². The topological polar surface area (TPSA) is 24.1 Å². The van der Waals surface area contributed by atoms with Gasteiger partial charge in [-0.25, -0.2) is 0 Å². The van der Waals surface area contributed by atoms with E-state index in [0.717, 1.165) is 12.2 Å². The van der Waals surface area contributed by atoms with Gasteiger partial charge < -0.3 is 10.6 Å². The van der Waals surface area contributed by atoms with Crippen LogP contribution in [0, 0.1) is 0 Å². The maximum absolute atomic E-state index is 5.11. The summed E-state index contributed by atoms with van der Waals surface area (Å²) >= 11 is 8.88. The maximum atomic E-state index is 5.11. The molecule has 2 nitrogen and oxygen atoms in total. The second-order valence-corrected chi connectivity index (χ2v) is 5.82. The molecule has 19 heavy (non-hydrogen) atoms. The lowest BCUT2D eigenvalue weighted by Crippen LogP contribution is -2.33. The average molecular weight is 333 g/mol. The molecule has 0 amide bonds. The monoisotopic (exact) mass is 332 g/mol. The number of hydrogen-bond donors (Lipinski definition) is 2. The summed E-state index contributed by atoms with van der Waals surface area (Å²) < 4.78 is 0. The molecule has 2 aromatic rings. The van der Waals surface area contributed by atoms with Crippen molar-refractivity contribution in [2.45, 2.75) is 11.4 Å². The zero-order chi connectivity index (χ0) is 13.2.